The third-order valence-electron chi connectivity index (χ3n) is 2.13. The maximum atomic E-state index is 5.51. The van der Waals surface area contributed by atoms with Crippen LogP contribution in [0.5, 0.6) is 0 Å². The van der Waals surface area contributed by atoms with Gasteiger partial charge in [-0.2, -0.15) is 0 Å². The zero-order valence-electron chi connectivity index (χ0n) is 8.36. The molecule has 1 heterocycles. The monoisotopic (exact) mass is 226 g/mol. The number of nitrogens with two attached hydrogens (primary N) is 1. The second-order valence-electron chi connectivity index (χ2n) is 3.18. The normalized spacial score (nSPS) is 13.8. The molecule has 1 aliphatic heterocycles. The molecular weight excluding hydrogens is 212 g/mol. The predicted molar refractivity (Wildman–Crippen MR) is 65.5 cm³/mol. The second-order valence-corrected chi connectivity index (χ2v) is 3.18. The Morgan fingerprint density at radius 2 is 2.07 bits per heavy atom. The summed E-state index contributed by atoms with van der Waals surface area (Å²) >= 11 is 0. The Kier molecular flexibility index (Phi) is 4.39. The molecule has 0 aliphatic carbocycles. The van der Waals surface area contributed by atoms with Crippen molar-refractivity contribution in [1.82, 2.24) is 5.32 Å². The fourth-order valence-electron chi connectivity index (χ4n) is 1.34. The number of hydrogen-bond acceptors (Lipinski definition) is 4. The van der Waals surface area contributed by atoms with Crippen LogP contribution in [0.25, 0.3) is 0 Å². The minimum atomic E-state index is 0. The molecule has 0 saturated carbocycles. The molecule has 1 aromatic rings. The van der Waals surface area contributed by atoms with Gasteiger partial charge in [-0.05, 0) is 17.7 Å². The average molecular weight is 227 g/mol. The molecule has 0 amide bonds. The fourth-order valence-corrected chi connectivity index (χ4v) is 1.34. The van der Waals surface area contributed by atoms with Crippen LogP contribution in [-0.2, 0) is 6.54 Å². The topological polar surface area (TPSA) is 62.4 Å². The Labute approximate surface area is 95.4 Å². The lowest BCUT2D eigenvalue weighted by Gasteiger charge is -2.06. The van der Waals surface area contributed by atoms with E-state index < -0.39 is 0 Å². The van der Waals surface area contributed by atoms with E-state index in [0.717, 1.165) is 30.3 Å². The standard InChI is InChI=1S/C10H14N4.ClH/c11-7-8-1-3-9(4-2-8)14-10-12-5-6-13-10;/h1-4H,5-7,11H2,(H2,12,13,14);1H. The highest BCUT2D eigenvalue weighted by molar-refractivity contribution is 5.94. The lowest BCUT2D eigenvalue weighted by molar-refractivity contribution is 0.959. The van der Waals surface area contributed by atoms with Crippen molar-refractivity contribution in [1.29, 1.82) is 0 Å². The first kappa shape index (κ1) is 11.8. The molecular formula is C10H15ClN4. The highest BCUT2D eigenvalue weighted by Crippen LogP contribution is 2.09. The molecule has 1 aliphatic rings. The lowest BCUT2D eigenvalue weighted by Crippen LogP contribution is -2.26. The van der Waals surface area contributed by atoms with Gasteiger partial charge < -0.3 is 16.4 Å². The van der Waals surface area contributed by atoms with Gasteiger partial charge in [0.15, 0.2) is 5.96 Å². The molecule has 0 bridgehead atoms. The molecule has 0 fully saturated rings. The average Bonchev–Trinajstić information content (AvgIpc) is 2.72. The van der Waals surface area contributed by atoms with Crippen molar-refractivity contribution < 1.29 is 0 Å². The largest absolute Gasteiger partial charge is 0.354 e. The summed E-state index contributed by atoms with van der Waals surface area (Å²) in [5.41, 5.74) is 7.68. The van der Waals surface area contributed by atoms with Crippen molar-refractivity contribution in [3.8, 4) is 0 Å². The van der Waals surface area contributed by atoms with Crippen LogP contribution in [0.3, 0.4) is 0 Å². The number of guanidine groups is 1. The molecule has 0 radical (unpaired) electrons. The Bertz CT molecular complexity index is 334. The minimum Gasteiger partial charge on any atom is -0.354 e. The molecule has 0 spiro atoms. The van der Waals surface area contributed by atoms with Gasteiger partial charge in [-0.25, -0.2) is 0 Å². The van der Waals surface area contributed by atoms with Gasteiger partial charge in [-0.3, -0.25) is 4.99 Å². The van der Waals surface area contributed by atoms with Gasteiger partial charge in [0.1, 0.15) is 0 Å². The second kappa shape index (κ2) is 5.58. The molecule has 1 aromatic carbocycles. The van der Waals surface area contributed by atoms with Gasteiger partial charge in [0.05, 0.1) is 6.54 Å². The highest BCUT2D eigenvalue weighted by atomic mass is 35.5. The zero-order valence-corrected chi connectivity index (χ0v) is 9.18. The van der Waals surface area contributed by atoms with E-state index in [4.69, 9.17) is 5.73 Å². The van der Waals surface area contributed by atoms with Crippen LogP contribution in [0.1, 0.15) is 5.56 Å². The van der Waals surface area contributed by atoms with Gasteiger partial charge in [-0.15, -0.1) is 12.4 Å². The van der Waals surface area contributed by atoms with E-state index in [-0.39, 0.29) is 12.4 Å². The number of nitrogens with zero attached hydrogens (tertiary/aromatic N) is 1. The van der Waals surface area contributed by atoms with Crippen LogP contribution in [0, 0.1) is 0 Å². The molecule has 0 saturated heterocycles. The molecule has 0 unspecified atom stereocenters. The smallest absolute Gasteiger partial charge is 0.195 e. The summed E-state index contributed by atoms with van der Waals surface area (Å²) in [6.45, 7) is 2.35. The highest BCUT2D eigenvalue weighted by Gasteiger charge is 2.03. The summed E-state index contributed by atoms with van der Waals surface area (Å²) in [6.07, 6.45) is 0. The fraction of sp³-hybridized carbons (Fsp3) is 0.300. The Balaban J connectivity index is 0.00000112. The first-order chi connectivity index (χ1) is 6.88. The molecule has 4 N–H and O–H groups in total. The van der Waals surface area contributed by atoms with E-state index >= 15 is 0 Å². The number of rotatable bonds is 2. The van der Waals surface area contributed by atoms with Crippen LogP contribution in [0.4, 0.5) is 5.69 Å². The molecule has 5 heteroatoms. The Morgan fingerprint density at radius 1 is 1.33 bits per heavy atom. The molecule has 4 nitrogen and oxygen atoms in total. The van der Waals surface area contributed by atoms with Gasteiger partial charge in [-0.1, -0.05) is 12.1 Å². The van der Waals surface area contributed by atoms with Gasteiger partial charge in [0.2, 0.25) is 0 Å². The van der Waals surface area contributed by atoms with Crippen LogP contribution in [0.2, 0.25) is 0 Å². The predicted octanol–water partition coefficient (Wildman–Crippen LogP) is 0.938. The molecule has 82 valence electrons. The minimum absolute atomic E-state index is 0. The summed E-state index contributed by atoms with van der Waals surface area (Å²) in [6, 6.07) is 8.03. The summed E-state index contributed by atoms with van der Waals surface area (Å²) in [5, 5.41) is 6.34. The summed E-state index contributed by atoms with van der Waals surface area (Å²) in [7, 11) is 0. The summed E-state index contributed by atoms with van der Waals surface area (Å²) in [4.78, 5) is 4.24. The van der Waals surface area contributed by atoms with Crippen LogP contribution >= 0.6 is 12.4 Å². The van der Waals surface area contributed by atoms with Crippen LogP contribution < -0.4 is 16.4 Å². The Morgan fingerprint density at radius 3 is 2.60 bits per heavy atom. The first-order valence-electron chi connectivity index (χ1n) is 4.73. The number of anilines is 1. The third kappa shape index (κ3) is 3.11. The summed E-state index contributed by atoms with van der Waals surface area (Å²) < 4.78 is 0. The molecule has 15 heavy (non-hydrogen) atoms. The number of halogens is 1. The molecule has 0 atom stereocenters. The number of hydrogen-bond donors (Lipinski definition) is 3. The van der Waals surface area contributed by atoms with Crippen molar-refractivity contribution in [3.05, 3.63) is 29.8 Å². The molecule has 2 rings (SSSR count). The van der Waals surface area contributed by atoms with Gasteiger partial charge in [0.25, 0.3) is 0 Å². The van der Waals surface area contributed by atoms with Gasteiger partial charge >= 0.3 is 0 Å². The maximum Gasteiger partial charge on any atom is 0.195 e. The van der Waals surface area contributed by atoms with Gasteiger partial charge in [0, 0.05) is 18.8 Å². The van der Waals surface area contributed by atoms with Crippen molar-refractivity contribution in [2.75, 3.05) is 18.4 Å². The third-order valence-corrected chi connectivity index (χ3v) is 2.13. The van der Waals surface area contributed by atoms with Crippen molar-refractivity contribution in [2.24, 2.45) is 10.7 Å². The van der Waals surface area contributed by atoms with E-state index in [1.807, 2.05) is 24.3 Å². The van der Waals surface area contributed by atoms with E-state index in [1.165, 1.54) is 0 Å². The van der Waals surface area contributed by atoms with Crippen molar-refractivity contribution in [2.45, 2.75) is 6.54 Å². The van der Waals surface area contributed by atoms with Crippen LogP contribution in [0.15, 0.2) is 29.3 Å². The molecule has 0 aromatic heterocycles. The maximum absolute atomic E-state index is 5.51. The van der Waals surface area contributed by atoms with Crippen LogP contribution in [-0.4, -0.2) is 19.0 Å². The SMILES string of the molecule is Cl.NCc1ccc(NC2=NCCN2)cc1. The van der Waals surface area contributed by atoms with Crippen molar-refractivity contribution >= 4 is 24.1 Å². The Hall–Kier alpha value is -1.26. The van der Waals surface area contributed by atoms with E-state index in [9.17, 15) is 0 Å². The number of nitrogens with one attached hydrogen (secondary N) is 2. The number of benzene rings is 1. The lowest BCUT2D eigenvalue weighted by atomic mass is 10.2. The summed E-state index contributed by atoms with van der Waals surface area (Å²) in [5.74, 6) is 0.852. The van der Waals surface area contributed by atoms with E-state index in [2.05, 4.69) is 15.6 Å². The van der Waals surface area contributed by atoms with Crippen molar-refractivity contribution in [3.63, 3.8) is 0 Å². The first-order valence-corrected chi connectivity index (χ1v) is 4.73. The van der Waals surface area contributed by atoms with E-state index in [1.54, 1.807) is 0 Å². The quantitative estimate of drug-likeness (QED) is 0.704. The van der Waals surface area contributed by atoms with E-state index in [0.29, 0.717) is 6.54 Å². The zero-order chi connectivity index (χ0) is 9.80. The number of aliphatic imine (C=N–C) groups is 1.